The van der Waals surface area contributed by atoms with Crippen molar-refractivity contribution >= 4 is 114 Å². The number of hydrogen-bond donors (Lipinski definition) is 0. The fraction of sp³-hybridized carbons (Fsp3) is 0.567. The Balaban J connectivity index is 0.000000305. The molecule has 6 aromatic rings. The van der Waals surface area contributed by atoms with E-state index in [2.05, 4.69) is 224 Å². The molecule has 634 valence electrons. The molecule has 5 saturated heterocycles. The third-order valence-corrected chi connectivity index (χ3v) is 27.0. The van der Waals surface area contributed by atoms with Crippen LogP contribution in [0.1, 0.15) is 264 Å². The summed E-state index contributed by atoms with van der Waals surface area (Å²) in [6.07, 6.45) is -0.0657. The van der Waals surface area contributed by atoms with Crippen LogP contribution >= 0.6 is 81.9 Å². The number of alkyl halides is 3. The van der Waals surface area contributed by atoms with Gasteiger partial charge in [-0.1, -0.05) is 241 Å². The van der Waals surface area contributed by atoms with Crippen molar-refractivity contribution in [3.63, 3.8) is 0 Å². The van der Waals surface area contributed by atoms with Gasteiger partial charge in [-0.05, 0) is 91.9 Å². The van der Waals surface area contributed by atoms with Gasteiger partial charge in [0.05, 0.1) is 78.9 Å². The van der Waals surface area contributed by atoms with Gasteiger partial charge in [0.1, 0.15) is 0 Å². The van der Waals surface area contributed by atoms with Crippen LogP contribution in [0.2, 0.25) is 0 Å². The first-order valence-electron chi connectivity index (χ1n) is 39.2. The van der Waals surface area contributed by atoms with Gasteiger partial charge in [-0.25, -0.2) is 0 Å². The van der Waals surface area contributed by atoms with Crippen LogP contribution in [0, 0.1) is 6.67 Å². The van der Waals surface area contributed by atoms with E-state index in [1.807, 2.05) is 85.4 Å². The van der Waals surface area contributed by atoms with Crippen molar-refractivity contribution < 1.29 is 50.7 Å². The van der Waals surface area contributed by atoms with Gasteiger partial charge >= 0.3 is 196 Å². The first-order chi connectivity index (χ1) is 51.7. The van der Waals surface area contributed by atoms with Crippen molar-refractivity contribution in [1.29, 1.82) is 0 Å². The van der Waals surface area contributed by atoms with Crippen molar-refractivity contribution in [3.05, 3.63) is 184 Å². The molecule has 0 aliphatic carbocycles. The van der Waals surface area contributed by atoms with Gasteiger partial charge in [0.15, 0.2) is 6.17 Å². The van der Waals surface area contributed by atoms with Gasteiger partial charge in [-0.3, -0.25) is 0 Å². The first-order valence-corrected chi connectivity index (χ1v) is 52.7. The summed E-state index contributed by atoms with van der Waals surface area (Å²) in [5, 5.41) is 0. The number of benzene rings is 6. The van der Waals surface area contributed by atoms with Crippen molar-refractivity contribution in [2.24, 2.45) is 0 Å². The molecular formula is C90H139Cl7N7O5PRu2. The molecule has 0 N–H and O–H groups in total. The van der Waals surface area contributed by atoms with Crippen molar-refractivity contribution in [2.75, 3.05) is 125 Å². The molecule has 0 bridgehead atoms. The summed E-state index contributed by atoms with van der Waals surface area (Å²) in [7, 11) is 22.5. The van der Waals surface area contributed by atoms with E-state index >= 15 is 0 Å². The molecular weight excluding hydrogens is 1740 g/mol. The maximum Gasteiger partial charge on any atom is 0.228 e. The fourth-order valence-corrected chi connectivity index (χ4v) is 21.8. The molecule has 22 heteroatoms. The molecule has 112 heavy (non-hydrogen) atoms. The zero-order valence-electron chi connectivity index (χ0n) is 68.5. The van der Waals surface area contributed by atoms with E-state index in [1.54, 1.807) is 0 Å². The van der Waals surface area contributed by atoms with E-state index in [0.717, 1.165) is 128 Å². The van der Waals surface area contributed by atoms with Crippen LogP contribution < -0.4 is 29.1 Å². The smallest absolute Gasteiger partial charge is 0.228 e. The summed E-state index contributed by atoms with van der Waals surface area (Å²) >= 11 is 16.9. The molecule has 5 aliphatic rings. The summed E-state index contributed by atoms with van der Waals surface area (Å²) in [5.41, 5.74) is 18.3. The molecule has 6 aromatic carbocycles. The SMILES string of the molecule is C.C.C.C1CN([PH+](N2CCOCC2)N2CCOCC2)CCO1.CC(C)Oc1ccccc1[CH]=[Ru]([Cl])[Cl].CC(C)Oc1ccccc1[CH]=[Ru]([Cl])[Cl].CC(C)c1cccc(C(C)C)c1N1CCN(c2c(C(C)C)cccc2C(C)C)C1C(Cl)(Cl)Cl.CC(C)c1cccc(C(C)C)c1N1[CH-]N(c2c(C(C)C)cccc2C(C)C)CC1. The number of nitrogens with zero attached hydrogens (tertiary/aromatic N) is 7. The maximum atomic E-state index is 6.80. The van der Waals surface area contributed by atoms with E-state index in [9.17, 15) is 0 Å². The summed E-state index contributed by atoms with van der Waals surface area (Å²) in [6, 6.07) is 42.5. The summed E-state index contributed by atoms with van der Waals surface area (Å²) < 4.78 is 38.1. The van der Waals surface area contributed by atoms with Gasteiger partial charge in [0, 0.05) is 48.9 Å². The van der Waals surface area contributed by atoms with Crippen molar-refractivity contribution in [2.45, 2.75) is 230 Å². The first kappa shape index (κ1) is 102. The molecule has 5 fully saturated rings. The topological polar surface area (TPSA) is 68.8 Å². The van der Waals surface area contributed by atoms with Gasteiger partial charge < -0.3 is 33.8 Å². The molecule has 5 aliphatic heterocycles. The molecule has 0 amide bonds. The van der Waals surface area contributed by atoms with E-state index in [0.29, 0.717) is 47.3 Å². The molecule has 0 aromatic heterocycles. The Labute approximate surface area is 722 Å². The normalized spacial score (nSPS) is 16.2. The number of halogens is 7. The molecule has 5 heterocycles. The maximum absolute atomic E-state index is 6.80. The van der Waals surface area contributed by atoms with Gasteiger partial charge in [0.2, 0.25) is 12.2 Å². The van der Waals surface area contributed by atoms with E-state index < -0.39 is 45.4 Å². The Morgan fingerprint density at radius 1 is 0.357 bits per heavy atom. The fourth-order valence-electron chi connectivity index (χ4n) is 14.6. The third kappa shape index (κ3) is 29.3. The Morgan fingerprint density at radius 2 is 0.598 bits per heavy atom. The summed E-state index contributed by atoms with van der Waals surface area (Å²) in [6.45, 7) is 62.1. The second-order valence-electron chi connectivity index (χ2n) is 31.3. The summed E-state index contributed by atoms with van der Waals surface area (Å²) in [5.74, 6) is 5.25. The Morgan fingerprint density at radius 3 is 0.821 bits per heavy atom. The number of para-hydroxylation sites is 6. The van der Waals surface area contributed by atoms with Crippen LogP contribution in [0.3, 0.4) is 0 Å². The van der Waals surface area contributed by atoms with Crippen LogP contribution in [0.5, 0.6) is 11.5 Å². The largest absolute Gasteiger partial charge is 0.502 e. The van der Waals surface area contributed by atoms with Crippen LogP contribution in [-0.4, -0.2) is 150 Å². The Bertz CT molecular complexity index is 3460. The van der Waals surface area contributed by atoms with Crippen LogP contribution in [0.25, 0.3) is 0 Å². The number of anilines is 4. The standard InChI is InChI=1S/C28H39Cl3N2.C27H39N2.C12H24N3O3P.2C10H12O.3CH4.4ClH.2Ru/c1-17(2)21-11-9-12-22(18(3)4)25(21)32-15-16-33(27(32)28(29,30)31)26-23(19(5)6)13-10-14-24(26)20(7)8;1-18(2)22-11-9-12-23(19(3)4)26(22)28-15-16-29(17-28)27-24(20(5)6)13-10-14-25(27)21(7)8;1-7-16-8-2-13(1)19(14-3-9-17-10-4-14)15-5-11-18-12-6-15;2*1-8(2)11-10-7-5-4-6-9(10)3;;;;;;;;;/h9-14,17-20,27H,15-16H2,1-8H3;9-14,17-21H,15-16H2,1-8H3;1-12H2;2*3-8H,1-2H3;3*1H4;4*1H;;/q;-1;;;;;;;;;;;2*+2/p-3. The minimum atomic E-state index is -1.77. The second kappa shape index (κ2) is 49.8. The average molecular weight is 1880 g/mol. The molecule has 12 nitrogen and oxygen atoms in total. The van der Waals surface area contributed by atoms with E-state index in [1.165, 1.54) is 67.3 Å². The zero-order valence-corrected chi connectivity index (χ0v) is 78.2. The predicted molar refractivity (Wildman–Crippen MR) is 490 cm³/mol. The average Bonchev–Trinajstić information content (AvgIpc) is 1.57. The monoisotopic (exact) mass is 1880 g/mol. The van der Waals surface area contributed by atoms with Crippen molar-refractivity contribution in [3.8, 4) is 11.5 Å². The molecule has 0 saturated carbocycles. The number of morpholine rings is 3. The number of hydrogen-bond acceptors (Lipinski definition) is 12. The minimum Gasteiger partial charge on any atom is -0.502 e. The minimum absolute atomic E-state index is 0. The van der Waals surface area contributed by atoms with Crippen LogP contribution in [-0.2, 0) is 41.2 Å². The quantitative estimate of drug-likeness (QED) is 0.0298. The molecule has 11 rings (SSSR count). The summed E-state index contributed by atoms with van der Waals surface area (Å²) in [4.78, 5) is 9.73. The van der Waals surface area contributed by atoms with Gasteiger partial charge in [-0.15, -0.1) is 14.0 Å². The third-order valence-electron chi connectivity index (χ3n) is 19.7. The van der Waals surface area contributed by atoms with Crippen LogP contribution in [0.15, 0.2) is 121 Å². The Hall–Kier alpha value is -2.67. The number of rotatable bonds is 21. The second-order valence-corrected chi connectivity index (χ2v) is 47.6. The van der Waals surface area contributed by atoms with E-state index in [4.69, 9.17) is 97.3 Å². The van der Waals surface area contributed by atoms with Crippen LogP contribution in [0.4, 0.5) is 22.7 Å². The molecule has 0 spiro atoms. The van der Waals surface area contributed by atoms with E-state index in [-0.39, 0.29) is 34.5 Å². The molecule has 0 atom stereocenters. The Kier molecular flexibility index (Phi) is 45.2. The van der Waals surface area contributed by atoms with Gasteiger partial charge in [0.25, 0.3) is 0 Å². The molecule has 0 unspecified atom stereocenters. The zero-order chi connectivity index (χ0) is 80.0. The number of ether oxygens (including phenoxy) is 5. The van der Waals surface area contributed by atoms with Gasteiger partial charge in [-0.2, -0.15) is 6.67 Å². The van der Waals surface area contributed by atoms with Crippen molar-refractivity contribution in [1.82, 2.24) is 14.0 Å². The molecule has 0 radical (unpaired) electrons. The predicted octanol–water partition coefficient (Wildman–Crippen LogP) is 25.8.